The molecule has 0 aromatic rings. The minimum absolute atomic E-state index is 0.683. The highest BCUT2D eigenvalue weighted by atomic mass is 33.2. The number of unbranched alkanes of at least 4 members (excludes halogenated alkanes) is 3. The molecule has 0 saturated carbocycles. The van der Waals surface area contributed by atoms with Crippen molar-refractivity contribution in [2.45, 2.75) is 119 Å². The Kier molecular flexibility index (Phi) is 20.9. The Hall–Kier alpha value is 1.31. The minimum Gasteiger partial charge on any atom is -0.334 e. The fourth-order valence-electron chi connectivity index (χ4n) is 3.40. The van der Waals surface area contributed by atoms with Crippen LogP contribution in [-0.2, 0) is 16.3 Å². The molecule has 0 rings (SSSR count). The van der Waals surface area contributed by atoms with E-state index in [9.17, 15) is 0 Å². The van der Waals surface area contributed by atoms with Crippen LogP contribution >= 0.6 is 27.4 Å². The van der Waals surface area contributed by atoms with Gasteiger partial charge in [-0.15, -0.1) is 0 Å². The summed E-state index contributed by atoms with van der Waals surface area (Å²) >= 11 is 10.3. The van der Waals surface area contributed by atoms with Crippen LogP contribution < -0.4 is 0 Å². The van der Waals surface area contributed by atoms with Crippen LogP contribution in [0.25, 0.3) is 0 Å². The average Bonchev–Trinajstić information content (AvgIpc) is 2.74. The molecule has 0 heterocycles. The van der Waals surface area contributed by atoms with E-state index >= 15 is 0 Å². The van der Waals surface area contributed by atoms with Gasteiger partial charge >= 0.3 is 0 Å². The zero-order valence-electron chi connectivity index (χ0n) is 20.4. The predicted molar refractivity (Wildman–Crippen MR) is 145 cm³/mol. The first-order chi connectivity index (χ1) is 14.0. The predicted octanol–water partition coefficient (Wildman–Crippen LogP) is 10.3. The van der Waals surface area contributed by atoms with Crippen LogP contribution in [0.1, 0.15) is 119 Å². The molecule has 0 aliphatic heterocycles. The maximum absolute atomic E-state index is 6.63. The summed E-state index contributed by atoms with van der Waals surface area (Å²) in [4.78, 5) is 0. The quantitative estimate of drug-likeness (QED) is 0.150. The Bertz CT molecular complexity index is 349. The summed E-state index contributed by atoms with van der Waals surface area (Å²) in [6.07, 6.45) is 15.6. The second-order valence-electron chi connectivity index (χ2n) is 8.58. The topological polar surface area (TPSA) is 9.23 Å². The van der Waals surface area contributed by atoms with Crippen LogP contribution in [0.5, 0.6) is 0 Å². The van der Waals surface area contributed by atoms with Gasteiger partial charge in [0.15, 0.2) is 4.67 Å². The summed E-state index contributed by atoms with van der Waals surface area (Å²) in [5.74, 6) is 4.67. The summed E-state index contributed by atoms with van der Waals surface area (Å²) in [5.41, 5.74) is 0. The standard InChI is InChI=1S/C24H51OPS3/c1-7-13-16-22(10-4)19-25-26(27,28-20-23(11-5)17-14-8-2)29-21-24(12-6)18-15-9-3/h22-24H,7-21H2,1-6H3. The summed E-state index contributed by atoms with van der Waals surface area (Å²) in [6.45, 7) is 14.7. The van der Waals surface area contributed by atoms with E-state index in [1.165, 1.54) is 88.6 Å². The SMILES string of the molecule is CCCCC(CC)COP(=S)(SCC(CC)CCCC)SCC(CC)CCCC. The molecule has 0 N–H and O–H groups in total. The third-order valence-corrected chi connectivity index (χ3v) is 15.9. The van der Waals surface area contributed by atoms with Gasteiger partial charge in [-0.25, -0.2) is 0 Å². The average molecular weight is 483 g/mol. The third-order valence-electron chi connectivity index (χ3n) is 6.03. The van der Waals surface area contributed by atoms with Gasteiger partial charge in [0.05, 0.1) is 6.61 Å². The van der Waals surface area contributed by atoms with Gasteiger partial charge in [-0.2, -0.15) is 0 Å². The summed E-state index contributed by atoms with van der Waals surface area (Å²) in [5, 5.41) is 0. The Balaban J connectivity index is 4.91. The molecule has 0 amide bonds. The lowest BCUT2D eigenvalue weighted by atomic mass is 10.0. The van der Waals surface area contributed by atoms with E-state index in [0.29, 0.717) is 5.92 Å². The molecule has 0 aromatic heterocycles. The Morgan fingerprint density at radius 2 is 1.03 bits per heavy atom. The van der Waals surface area contributed by atoms with E-state index in [0.717, 1.165) is 18.4 Å². The van der Waals surface area contributed by atoms with Crippen LogP contribution in [0, 0.1) is 17.8 Å². The zero-order chi connectivity index (χ0) is 22.0. The highest BCUT2D eigenvalue weighted by Crippen LogP contribution is 2.71. The molecular formula is C24H51OPS3. The highest BCUT2D eigenvalue weighted by molar-refractivity contribution is 8.99. The summed E-state index contributed by atoms with van der Waals surface area (Å²) in [6, 6.07) is 0. The second kappa shape index (κ2) is 20.0. The van der Waals surface area contributed by atoms with Crippen LogP contribution in [0.15, 0.2) is 0 Å². The van der Waals surface area contributed by atoms with Crippen molar-refractivity contribution in [2.75, 3.05) is 18.1 Å². The van der Waals surface area contributed by atoms with Crippen LogP contribution in [-0.4, -0.2) is 18.1 Å². The van der Waals surface area contributed by atoms with Gasteiger partial charge in [-0.05, 0) is 48.8 Å². The molecule has 0 spiro atoms. The van der Waals surface area contributed by atoms with E-state index in [-0.39, 0.29) is 0 Å². The van der Waals surface area contributed by atoms with Crippen molar-refractivity contribution in [1.82, 2.24) is 0 Å². The molecule has 5 heteroatoms. The molecular weight excluding hydrogens is 431 g/mol. The van der Waals surface area contributed by atoms with Crippen molar-refractivity contribution < 1.29 is 4.52 Å². The van der Waals surface area contributed by atoms with Gasteiger partial charge in [0.2, 0.25) is 0 Å². The summed E-state index contributed by atoms with van der Waals surface area (Å²) in [7, 11) is 0. The van der Waals surface area contributed by atoms with Crippen molar-refractivity contribution in [3.8, 4) is 0 Å². The lowest BCUT2D eigenvalue weighted by Crippen LogP contribution is -2.09. The first-order valence-electron chi connectivity index (χ1n) is 12.5. The molecule has 0 aromatic carbocycles. The molecule has 29 heavy (non-hydrogen) atoms. The molecule has 0 saturated heterocycles. The molecule has 0 aliphatic rings. The molecule has 0 radical (unpaired) electrons. The Morgan fingerprint density at radius 3 is 1.38 bits per heavy atom. The fraction of sp³-hybridized carbons (Fsp3) is 1.00. The van der Waals surface area contributed by atoms with Crippen LogP contribution in [0.3, 0.4) is 0 Å². The monoisotopic (exact) mass is 482 g/mol. The minimum atomic E-state index is -1.85. The number of hydrogen-bond donors (Lipinski definition) is 0. The van der Waals surface area contributed by atoms with Gasteiger partial charge in [-0.3, -0.25) is 0 Å². The fourth-order valence-corrected chi connectivity index (χ4v) is 12.0. The molecule has 0 bridgehead atoms. The Labute approximate surface area is 197 Å². The maximum atomic E-state index is 6.63. The van der Waals surface area contributed by atoms with E-state index < -0.39 is 4.67 Å². The van der Waals surface area contributed by atoms with E-state index in [1.54, 1.807) is 0 Å². The van der Waals surface area contributed by atoms with Crippen molar-refractivity contribution in [3.63, 3.8) is 0 Å². The van der Waals surface area contributed by atoms with Crippen molar-refractivity contribution >= 4 is 39.2 Å². The third kappa shape index (κ3) is 15.7. The van der Waals surface area contributed by atoms with Crippen molar-refractivity contribution in [3.05, 3.63) is 0 Å². The smallest absolute Gasteiger partial charge is 0.174 e. The van der Waals surface area contributed by atoms with Gasteiger partial charge in [0.25, 0.3) is 0 Å². The molecule has 0 fully saturated rings. The number of rotatable bonds is 21. The molecule has 3 unspecified atom stereocenters. The largest absolute Gasteiger partial charge is 0.334 e. The Morgan fingerprint density at radius 1 is 0.655 bits per heavy atom. The van der Waals surface area contributed by atoms with Gasteiger partial charge in [0.1, 0.15) is 0 Å². The van der Waals surface area contributed by atoms with Crippen molar-refractivity contribution in [1.29, 1.82) is 0 Å². The summed E-state index contributed by atoms with van der Waals surface area (Å²) < 4.78 is 4.78. The molecule has 1 nitrogen and oxygen atoms in total. The molecule has 0 aliphatic carbocycles. The van der Waals surface area contributed by atoms with E-state index in [2.05, 4.69) is 41.5 Å². The van der Waals surface area contributed by atoms with Gasteiger partial charge in [-0.1, -0.05) is 122 Å². The molecule has 3 atom stereocenters. The van der Waals surface area contributed by atoms with Gasteiger partial charge < -0.3 is 4.52 Å². The second-order valence-corrected chi connectivity index (χ2v) is 19.2. The first kappa shape index (κ1) is 30.3. The normalized spacial score (nSPS) is 17.0. The van der Waals surface area contributed by atoms with E-state index in [4.69, 9.17) is 16.3 Å². The maximum Gasteiger partial charge on any atom is 0.174 e. The lowest BCUT2D eigenvalue weighted by Gasteiger charge is -2.27. The number of hydrogen-bond acceptors (Lipinski definition) is 4. The van der Waals surface area contributed by atoms with E-state index in [1.807, 2.05) is 22.8 Å². The van der Waals surface area contributed by atoms with Gasteiger partial charge in [0, 0.05) is 11.5 Å². The van der Waals surface area contributed by atoms with Crippen molar-refractivity contribution in [2.24, 2.45) is 17.8 Å². The highest BCUT2D eigenvalue weighted by Gasteiger charge is 2.24. The molecule has 176 valence electrons. The first-order valence-corrected chi connectivity index (χ1v) is 18.4. The lowest BCUT2D eigenvalue weighted by molar-refractivity contribution is 0.261. The zero-order valence-corrected chi connectivity index (χ0v) is 23.8. The van der Waals surface area contributed by atoms with Crippen LogP contribution in [0.2, 0.25) is 0 Å². The van der Waals surface area contributed by atoms with Crippen LogP contribution in [0.4, 0.5) is 0 Å².